The van der Waals surface area contributed by atoms with Crippen LogP contribution in [-0.2, 0) is 11.0 Å². The summed E-state index contributed by atoms with van der Waals surface area (Å²) in [5.74, 6) is 0. The molecule has 0 bridgehead atoms. The monoisotopic (exact) mass is 376 g/mol. The maximum Gasteiger partial charge on any atom is 0.138 e. The van der Waals surface area contributed by atoms with E-state index in [9.17, 15) is 4.21 Å². The molecule has 4 heteroatoms. The fourth-order valence-electron chi connectivity index (χ4n) is 2.45. The van der Waals surface area contributed by atoms with Crippen LogP contribution in [-0.4, -0.2) is 4.21 Å². The van der Waals surface area contributed by atoms with Gasteiger partial charge in [0.15, 0.2) is 0 Å². The highest BCUT2D eigenvalue weighted by atomic mass is 32.2. The highest BCUT2D eigenvalue weighted by Gasteiger charge is 2.12. The Kier molecular flexibility index (Phi) is 12.9. The fourth-order valence-corrected chi connectivity index (χ4v) is 3.23. The van der Waals surface area contributed by atoms with Crippen molar-refractivity contribution in [3.05, 3.63) is 64.7 Å². The molecule has 0 spiro atoms. The van der Waals surface area contributed by atoms with E-state index in [1.54, 1.807) is 0 Å². The highest BCUT2D eigenvalue weighted by Crippen LogP contribution is 2.21. The predicted octanol–water partition coefficient (Wildman–Crippen LogP) is 5.93. The van der Waals surface area contributed by atoms with Gasteiger partial charge in [-0.1, -0.05) is 70.0 Å². The van der Waals surface area contributed by atoms with Crippen LogP contribution in [0.25, 0.3) is 0 Å². The van der Waals surface area contributed by atoms with Gasteiger partial charge in [-0.05, 0) is 56.5 Å². The van der Waals surface area contributed by atoms with Crippen molar-refractivity contribution in [3.63, 3.8) is 0 Å². The first kappa shape index (κ1) is 24.5. The molecule has 0 heterocycles. The van der Waals surface area contributed by atoms with Crippen LogP contribution in [0.2, 0.25) is 0 Å². The van der Waals surface area contributed by atoms with E-state index < -0.39 is 11.0 Å². The lowest BCUT2D eigenvalue weighted by Crippen LogP contribution is -2.36. The van der Waals surface area contributed by atoms with Crippen molar-refractivity contribution in [2.24, 2.45) is 0 Å². The van der Waals surface area contributed by atoms with Crippen LogP contribution in [0, 0.1) is 20.8 Å². The summed E-state index contributed by atoms with van der Waals surface area (Å²) < 4.78 is 12.2. The zero-order valence-electron chi connectivity index (χ0n) is 17.6. The lowest BCUT2D eigenvalue weighted by atomic mass is 9.98. The number of rotatable bonds is 5. The van der Waals surface area contributed by atoms with Gasteiger partial charge in [-0.25, -0.2) is 9.63 Å². The largest absolute Gasteiger partial charge is 0.239 e. The number of hydrogen-bond acceptors (Lipinski definition) is 2. The zero-order valence-corrected chi connectivity index (χ0v) is 18.5. The highest BCUT2D eigenvalue weighted by molar-refractivity contribution is 7.83. The average molecular weight is 377 g/mol. The Hall–Kier alpha value is -1.49. The average Bonchev–Trinajstić information content (AvgIpc) is 2.62. The molecular formula is C22H36N2OS. The van der Waals surface area contributed by atoms with Crippen LogP contribution in [0.15, 0.2) is 47.4 Å². The molecular weight excluding hydrogens is 340 g/mol. The van der Waals surface area contributed by atoms with Crippen LogP contribution >= 0.6 is 0 Å². The quantitative estimate of drug-likeness (QED) is 0.635. The first-order valence-electron chi connectivity index (χ1n) is 9.46. The second-order valence-electron chi connectivity index (χ2n) is 6.06. The molecule has 0 saturated carbocycles. The maximum atomic E-state index is 12.2. The number of benzene rings is 2. The third-order valence-electron chi connectivity index (χ3n) is 3.58. The van der Waals surface area contributed by atoms with Crippen LogP contribution in [0.3, 0.4) is 0 Å². The van der Waals surface area contributed by atoms with Crippen LogP contribution in [0.4, 0.5) is 0 Å². The lowest BCUT2D eigenvalue weighted by molar-refractivity contribution is 0.544. The topological polar surface area (TPSA) is 41.1 Å². The predicted molar refractivity (Wildman–Crippen MR) is 116 cm³/mol. The van der Waals surface area contributed by atoms with Gasteiger partial charge < -0.3 is 0 Å². The van der Waals surface area contributed by atoms with Crippen molar-refractivity contribution in [1.82, 2.24) is 10.3 Å². The smallest absolute Gasteiger partial charge is 0.138 e. The lowest BCUT2D eigenvalue weighted by Gasteiger charge is -2.19. The molecule has 0 aromatic heterocycles. The van der Waals surface area contributed by atoms with Crippen molar-refractivity contribution < 1.29 is 4.21 Å². The first-order valence-corrected chi connectivity index (χ1v) is 10.6. The molecule has 2 unspecified atom stereocenters. The van der Waals surface area contributed by atoms with E-state index in [0.717, 1.165) is 10.5 Å². The molecule has 26 heavy (non-hydrogen) atoms. The Morgan fingerprint density at radius 2 is 1.38 bits per heavy atom. The van der Waals surface area contributed by atoms with Gasteiger partial charge in [-0.15, -0.1) is 0 Å². The zero-order chi connectivity index (χ0) is 20.1. The second kappa shape index (κ2) is 13.7. The molecule has 2 aromatic rings. The summed E-state index contributed by atoms with van der Waals surface area (Å²) in [6.07, 6.45) is 1.25. The molecule has 0 radical (unpaired) electrons. The maximum absolute atomic E-state index is 12.2. The van der Waals surface area contributed by atoms with E-state index in [4.69, 9.17) is 0 Å². The van der Waals surface area contributed by atoms with E-state index in [0.29, 0.717) is 0 Å². The SMILES string of the molecule is CC.CCC.Cc1ccc(S(=O)NNC(C)c2c(C)cccc2C)cc1. The minimum Gasteiger partial charge on any atom is -0.239 e. The van der Waals surface area contributed by atoms with Crippen molar-refractivity contribution >= 4 is 11.0 Å². The molecule has 0 aliphatic heterocycles. The Morgan fingerprint density at radius 1 is 0.923 bits per heavy atom. The normalized spacial score (nSPS) is 12.2. The number of aryl methyl sites for hydroxylation is 3. The summed E-state index contributed by atoms with van der Waals surface area (Å²) in [6, 6.07) is 14.0. The molecule has 146 valence electrons. The summed E-state index contributed by atoms with van der Waals surface area (Å²) in [5, 5.41) is 0. The van der Waals surface area contributed by atoms with Gasteiger partial charge in [0.1, 0.15) is 11.0 Å². The minimum absolute atomic E-state index is 0.0839. The Bertz CT molecular complexity index is 633. The Morgan fingerprint density at radius 3 is 1.85 bits per heavy atom. The molecule has 0 aliphatic rings. The van der Waals surface area contributed by atoms with Gasteiger partial charge in [0.05, 0.1) is 4.90 Å². The van der Waals surface area contributed by atoms with Crippen LogP contribution < -0.4 is 10.3 Å². The van der Waals surface area contributed by atoms with E-state index in [-0.39, 0.29) is 6.04 Å². The van der Waals surface area contributed by atoms with Gasteiger partial charge in [0.25, 0.3) is 0 Å². The molecule has 0 saturated heterocycles. The number of nitrogens with one attached hydrogen (secondary N) is 2. The standard InChI is InChI=1S/C17H22N2OS.C3H8.C2H6/c1-12-8-10-16(11-9-12)21(20)19-18-15(4)17-13(2)6-5-7-14(17)3;1-3-2;1-2/h5-11,15,18-19H,1-4H3;3H2,1-2H3;1-2H3. The van der Waals surface area contributed by atoms with Gasteiger partial charge in [-0.2, -0.15) is 4.83 Å². The van der Waals surface area contributed by atoms with Crippen molar-refractivity contribution in [2.45, 2.75) is 72.7 Å². The third kappa shape index (κ3) is 8.26. The van der Waals surface area contributed by atoms with Crippen LogP contribution in [0.5, 0.6) is 0 Å². The minimum atomic E-state index is -1.26. The van der Waals surface area contributed by atoms with E-state index in [1.165, 1.54) is 23.1 Å². The van der Waals surface area contributed by atoms with Gasteiger partial charge >= 0.3 is 0 Å². The molecule has 0 fully saturated rings. The van der Waals surface area contributed by atoms with Crippen molar-refractivity contribution in [2.75, 3.05) is 0 Å². The van der Waals surface area contributed by atoms with E-state index in [1.807, 2.05) is 45.0 Å². The molecule has 2 N–H and O–H groups in total. The molecule has 2 rings (SSSR count). The Labute approximate surface area is 163 Å². The second-order valence-corrected chi connectivity index (χ2v) is 7.28. The molecule has 2 atom stereocenters. The summed E-state index contributed by atoms with van der Waals surface area (Å²) in [7, 11) is -1.26. The number of hydrogen-bond donors (Lipinski definition) is 2. The molecule has 3 nitrogen and oxygen atoms in total. The van der Waals surface area contributed by atoms with Gasteiger partial charge in [-0.3, -0.25) is 0 Å². The summed E-state index contributed by atoms with van der Waals surface area (Å²) >= 11 is 0. The van der Waals surface area contributed by atoms with Crippen molar-refractivity contribution in [3.8, 4) is 0 Å². The van der Waals surface area contributed by atoms with Gasteiger partial charge in [0.2, 0.25) is 0 Å². The molecule has 0 aliphatic carbocycles. The van der Waals surface area contributed by atoms with Crippen LogP contribution in [0.1, 0.15) is 69.3 Å². The summed E-state index contributed by atoms with van der Waals surface area (Å²) in [6.45, 7) is 16.5. The summed E-state index contributed by atoms with van der Waals surface area (Å²) in [4.78, 5) is 3.66. The fraction of sp³-hybridized carbons (Fsp3) is 0.455. The molecule has 2 aromatic carbocycles. The first-order chi connectivity index (χ1) is 12.4. The molecule has 0 amide bonds. The van der Waals surface area contributed by atoms with Gasteiger partial charge in [0, 0.05) is 6.04 Å². The van der Waals surface area contributed by atoms with E-state index >= 15 is 0 Å². The third-order valence-corrected chi connectivity index (χ3v) is 4.58. The number of hydrazine groups is 1. The van der Waals surface area contributed by atoms with E-state index in [2.05, 4.69) is 63.1 Å². The Balaban J connectivity index is 0.00000113. The van der Waals surface area contributed by atoms with Crippen molar-refractivity contribution in [1.29, 1.82) is 0 Å². The summed E-state index contributed by atoms with van der Waals surface area (Å²) in [5.41, 5.74) is 8.01.